The average Bonchev–Trinajstić information content (AvgIpc) is 3.40. The third-order valence-corrected chi connectivity index (χ3v) is 6.63. The topological polar surface area (TPSA) is 65.8 Å². The molecule has 0 radical (unpaired) electrons. The molecule has 5 rings (SSSR count). The molecule has 1 N–H and O–H groups in total. The summed E-state index contributed by atoms with van der Waals surface area (Å²) in [4.78, 5) is 29.5. The van der Waals surface area contributed by atoms with E-state index in [-0.39, 0.29) is 17.2 Å². The first-order valence-electron chi connectivity index (χ1n) is 11.6. The lowest BCUT2D eigenvalue weighted by Crippen LogP contribution is -2.49. The zero-order valence-corrected chi connectivity index (χ0v) is 21.1. The highest BCUT2D eigenvalue weighted by molar-refractivity contribution is 6.31. The number of benzene rings is 3. The Morgan fingerprint density at radius 1 is 0.838 bits per heavy atom. The van der Waals surface area contributed by atoms with E-state index in [0.29, 0.717) is 47.7 Å². The molecule has 2 heterocycles. The SMILES string of the molecule is O=C(Nc1cc(Cl)ccc1N1CCN(C(=O)c2ccccc2F)CC1)c1ccc(-c2cccc(Cl)c2)o1. The Kier molecular flexibility index (Phi) is 7.17. The van der Waals surface area contributed by atoms with Gasteiger partial charge in [0.1, 0.15) is 11.6 Å². The van der Waals surface area contributed by atoms with Gasteiger partial charge >= 0.3 is 0 Å². The molecule has 0 saturated carbocycles. The first-order valence-corrected chi connectivity index (χ1v) is 12.4. The molecule has 1 aliphatic rings. The number of hydrogen-bond donors (Lipinski definition) is 1. The van der Waals surface area contributed by atoms with Gasteiger partial charge in [0.2, 0.25) is 0 Å². The lowest BCUT2D eigenvalue weighted by atomic mass is 10.1. The van der Waals surface area contributed by atoms with Crippen LogP contribution < -0.4 is 10.2 Å². The summed E-state index contributed by atoms with van der Waals surface area (Å²) in [5, 5.41) is 3.93. The molecule has 0 bridgehead atoms. The van der Waals surface area contributed by atoms with Gasteiger partial charge in [0.05, 0.1) is 16.9 Å². The largest absolute Gasteiger partial charge is 0.451 e. The van der Waals surface area contributed by atoms with Crippen LogP contribution in [0.4, 0.5) is 15.8 Å². The summed E-state index contributed by atoms with van der Waals surface area (Å²) >= 11 is 12.3. The maximum atomic E-state index is 14.1. The van der Waals surface area contributed by atoms with Crippen molar-refractivity contribution in [3.63, 3.8) is 0 Å². The van der Waals surface area contributed by atoms with E-state index in [4.69, 9.17) is 27.6 Å². The fourth-order valence-electron chi connectivity index (χ4n) is 4.28. The minimum absolute atomic E-state index is 0.0611. The molecule has 1 aliphatic heterocycles. The summed E-state index contributed by atoms with van der Waals surface area (Å²) in [5.41, 5.74) is 2.10. The number of furan rings is 1. The molecule has 9 heteroatoms. The first kappa shape index (κ1) is 24.9. The van der Waals surface area contributed by atoms with Gasteiger partial charge in [0, 0.05) is 41.8 Å². The lowest BCUT2D eigenvalue weighted by molar-refractivity contribution is 0.0742. The molecular formula is C28H22Cl2FN3O3. The molecule has 188 valence electrons. The van der Waals surface area contributed by atoms with Crippen LogP contribution in [0.1, 0.15) is 20.9 Å². The molecule has 4 aromatic rings. The summed E-state index contributed by atoms with van der Waals surface area (Å²) in [6.07, 6.45) is 0. The Bertz CT molecular complexity index is 1460. The molecule has 1 aromatic heterocycles. The minimum atomic E-state index is -0.533. The van der Waals surface area contributed by atoms with Gasteiger partial charge in [-0.05, 0) is 54.6 Å². The van der Waals surface area contributed by atoms with Gasteiger partial charge < -0.3 is 19.5 Å². The quantitative estimate of drug-likeness (QED) is 0.311. The Morgan fingerprint density at radius 3 is 2.35 bits per heavy atom. The van der Waals surface area contributed by atoms with Crippen molar-refractivity contribution in [2.45, 2.75) is 0 Å². The fourth-order valence-corrected chi connectivity index (χ4v) is 4.64. The second-order valence-corrected chi connectivity index (χ2v) is 9.42. The number of piperazine rings is 1. The van der Waals surface area contributed by atoms with E-state index in [0.717, 1.165) is 11.3 Å². The zero-order chi connectivity index (χ0) is 25.9. The number of rotatable bonds is 5. The van der Waals surface area contributed by atoms with E-state index in [9.17, 15) is 14.0 Å². The van der Waals surface area contributed by atoms with Crippen molar-refractivity contribution < 1.29 is 18.4 Å². The number of amides is 2. The van der Waals surface area contributed by atoms with Gasteiger partial charge in [-0.2, -0.15) is 0 Å². The van der Waals surface area contributed by atoms with Crippen LogP contribution in [-0.4, -0.2) is 42.9 Å². The van der Waals surface area contributed by atoms with Gasteiger partial charge in [-0.3, -0.25) is 9.59 Å². The lowest BCUT2D eigenvalue weighted by Gasteiger charge is -2.37. The summed E-state index contributed by atoms with van der Waals surface area (Å²) in [7, 11) is 0. The Morgan fingerprint density at radius 2 is 1.59 bits per heavy atom. The van der Waals surface area contributed by atoms with Gasteiger partial charge in [-0.15, -0.1) is 0 Å². The number of carbonyl (C=O) groups is 2. The zero-order valence-electron chi connectivity index (χ0n) is 19.6. The molecule has 1 fully saturated rings. The van der Waals surface area contributed by atoms with Gasteiger partial charge in [0.15, 0.2) is 5.76 Å². The summed E-state index contributed by atoms with van der Waals surface area (Å²) in [5.74, 6) is -0.634. The molecule has 2 amide bonds. The summed E-state index contributed by atoms with van der Waals surface area (Å²) < 4.78 is 19.9. The number of anilines is 2. The summed E-state index contributed by atoms with van der Waals surface area (Å²) in [6, 6.07) is 21.7. The van der Waals surface area contributed by atoms with Crippen molar-refractivity contribution in [1.29, 1.82) is 0 Å². The molecule has 0 aliphatic carbocycles. The second kappa shape index (κ2) is 10.7. The van der Waals surface area contributed by atoms with Crippen LogP contribution >= 0.6 is 23.2 Å². The molecule has 0 spiro atoms. The van der Waals surface area contributed by atoms with Crippen molar-refractivity contribution in [3.05, 3.63) is 106 Å². The molecule has 1 saturated heterocycles. The molecule has 6 nitrogen and oxygen atoms in total. The molecular weight excluding hydrogens is 516 g/mol. The van der Waals surface area contributed by atoms with E-state index in [1.54, 1.807) is 53.4 Å². The fraction of sp³-hybridized carbons (Fsp3) is 0.143. The predicted molar refractivity (Wildman–Crippen MR) is 143 cm³/mol. The number of nitrogens with one attached hydrogen (secondary N) is 1. The van der Waals surface area contributed by atoms with Crippen molar-refractivity contribution >= 4 is 46.4 Å². The smallest absolute Gasteiger partial charge is 0.291 e. The van der Waals surface area contributed by atoms with Gasteiger partial charge in [-0.25, -0.2) is 4.39 Å². The van der Waals surface area contributed by atoms with E-state index in [2.05, 4.69) is 10.2 Å². The number of halogens is 3. The first-order chi connectivity index (χ1) is 17.9. The highest BCUT2D eigenvalue weighted by atomic mass is 35.5. The van der Waals surface area contributed by atoms with Crippen molar-refractivity contribution in [2.24, 2.45) is 0 Å². The van der Waals surface area contributed by atoms with Crippen molar-refractivity contribution in [3.8, 4) is 11.3 Å². The van der Waals surface area contributed by atoms with E-state index in [1.807, 2.05) is 18.2 Å². The van der Waals surface area contributed by atoms with E-state index in [1.165, 1.54) is 12.1 Å². The second-order valence-electron chi connectivity index (χ2n) is 8.55. The Labute approximate surface area is 223 Å². The predicted octanol–water partition coefficient (Wildman–Crippen LogP) is 6.61. The average molecular weight is 538 g/mol. The number of hydrogen-bond acceptors (Lipinski definition) is 4. The van der Waals surface area contributed by atoms with Gasteiger partial charge in [0.25, 0.3) is 11.8 Å². The van der Waals surface area contributed by atoms with E-state index >= 15 is 0 Å². The Balaban J connectivity index is 1.29. The molecule has 0 atom stereocenters. The van der Waals surface area contributed by atoms with Crippen LogP contribution in [0.2, 0.25) is 10.0 Å². The van der Waals surface area contributed by atoms with Crippen LogP contribution in [0.3, 0.4) is 0 Å². The van der Waals surface area contributed by atoms with Crippen LogP contribution in [0.25, 0.3) is 11.3 Å². The van der Waals surface area contributed by atoms with Crippen molar-refractivity contribution in [2.75, 3.05) is 36.4 Å². The van der Waals surface area contributed by atoms with Crippen LogP contribution in [-0.2, 0) is 0 Å². The monoisotopic (exact) mass is 537 g/mol. The van der Waals surface area contributed by atoms with Crippen LogP contribution in [0.5, 0.6) is 0 Å². The highest BCUT2D eigenvalue weighted by Gasteiger charge is 2.26. The molecule has 3 aromatic carbocycles. The molecule has 0 unspecified atom stereocenters. The van der Waals surface area contributed by atoms with Crippen LogP contribution in [0.15, 0.2) is 83.3 Å². The van der Waals surface area contributed by atoms with E-state index < -0.39 is 11.7 Å². The third-order valence-electron chi connectivity index (χ3n) is 6.16. The summed E-state index contributed by atoms with van der Waals surface area (Å²) in [6.45, 7) is 1.82. The van der Waals surface area contributed by atoms with Gasteiger partial charge in [-0.1, -0.05) is 47.5 Å². The maximum absolute atomic E-state index is 14.1. The normalized spacial score (nSPS) is 13.5. The standard InChI is InChI=1S/C28H22Cl2FN3O3/c29-19-5-3-4-18(16-19)25-10-11-26(37-25)27(35)32-23-17-20(30)8-9-24(23)33-12-14-34(15-13-33)28(36)21-6-1-2-7-22(21)31/h1-11,16-17H,12-15H2,(H,32,35). The number of carbonyl (C=O) groups excluding carboxylic acids is 2. The highest BCUT2D eigenvalue weighted by Crippen LogP contribution is 2.31. The van der Waals surface area contributed by atoms with Crippen LogP contribution in [0, 0.1) is 5.82 Å². The minimum Gasteiger partial charge on any atom is -0.451 e. The maximum Gasteiger partial charge on any atom is 0.291 e. The van der Waals surface area contributed by atoms with Crippen molar-refractivity contribution in [1.82, 2.24) is 4.90 Å². The number of nitrogens with zero attached hydrogens (tertiary/aromatic N) is 2. The Hall–Kier alpha value is -3.81. The third kappa shape index (κ3) is 5.48. The molecule has 37 heavy (non-hydrogen) atoms.